The van der Waals surface area contributed by atoms with Crippen molar-refractivity contribution in [1.82, 2.24) is 0 Å². The molecule has 0 saturated heterocycles. The van der Waals surface area contributed by atoms with Crippen LogP contribution in [-0.4, -0.2) is 0 Å². The van der Waals surface area contributed by atoms with E-state index >= 15 is 0 Å². The minimum atomic E-state index is 0.942. The number of benzene rings is 8. The summed E-state index contributed by atoms with van der Waals surface area (Å²) in [6.45, 7) is 0. The Bertz CT molecular complexity index is 2690. The fraction of sp³-hybridized carbons (Fsp3) is 0.0588. The van der Waals surface area contributed by atoms with Gasteiger partial charge in [-0.3, -0.25) is 0 Å². The lowest BCUT2D eigenvalue weighted by Crippen LogP contribution is -2.13. The second-order valence-electron chi connectivity index (χ2n) is 14.4. The van der Waals surface area contributed by atoms with Crippen molar-refractivity contribution in [3.63, 3.8) is 0 Å². The largest absolute Gasteiger partial charge is 0.309 e. The fourth-order valence-corrected chi connectivity index (χ4v) is 9.27. The van der Waals surface area contributed by atoms with Crippen molar-refractivity contribution in [3.8, 4) is 55.6 Å². The molecule has 0 heterocycles. The van der Waals surface area contributed by atoms with E-state index in [0.717, 1.165) is 24.9 Å². The van der Waals surface area contributed by atoms with Gasteiger partial charge in [-0.15, -0.1) is 0 Å². The molecule has 3 aliphatic rings. The molecule has 8 aromatic carbocycles. The fourth-order valence-electron chi connectivity index (χ4n) is 9.27. The van der Waals surface area contributed by atoms with E-state index in [2.05, 4.69) is 181 Å². The van der Waals surface area contributed by atoms with Gasteiger partial charge in [0.25, 0.3) is 0 Å². The van der Waals surface area contributed by atoms with E-state index < -0.39 is 0 Å². The molecular weight excluding hydrogens is 627 g/mol. The summed E-state index contributed by atoms with van der Waals surface area (Å²) in [5.41, 5.74) is 25.6. The van der Waals surface area contributed by atoms with Crippen LogP contribution < -0.4 is 4.90 Å². The van der Waals surface area contributed by atoms with Gasteiger partial charge in [-0.1, -0.05) is 152 Å². The number of fused-ring (bicyclic) bond motifs is 11. The van der Waals surface area contributed by atoms with Crippen molar-refractivity contribution < 1.29 is 0 Å². The van der Waals surface area contributed by atoms with Crippen molar-refractivity contribution in [2.75, 3.05) is 4.90 Å². The van der Waals surface area contributed by atoms with E-state index in [1.165, 1.54) is 100 Å². The predicted octanol–water partition coefficient (Wildman–Crippen LogP) is 13.2. The topological polar surface area (TPSA) is 3.24 Å². The van der Waals surface area contributed by atoms with Gasteiger partial charge in [0.15, 0.2) is 0 Å². The molecule has 0 radical (unpaired) electrons. The Morgan fingerprint density at radius 1 is 0.308 bits per heavy atom. The van der Waals surface area contributed by atoms with Crippen LogP contribution in [-0.2, 0) is 19.3 Å². The van der Waals surface area contributed by atoms with E-state index in [-0.39, 0.29) is 0 Å². The Labute approximate surface area is 305 Å². The Kier molecular flexibility index (Phi) is 6.51. The molecule has 0 unspecified atom stereocenters. The van der Waals surface area contributed by atoms with Gasteiger partial charge in [-0.2, -0.15) is 0 Å². The lowest BCUT2D eigenvalue weighted by molar-refractivity contribution is 1.21. The number of hydrogen-bond donors (Lipinski definition) is 0. The van der Waals surface area contributed by atoms with Gasteiger partial charge < -0.3 is 4.90 Å². The number of hydrogen-bond acceptors (Lipinski definition) is 1. The first-order valence-electron chi connectivity index (χ1n) is 18.4. The van der Waals surface area contributed by atoms with Crippen LogP contribution in [0.1, 0.15) is 33.4 Å². The average molecular weight is 662 g/mol. The van der Waals surface area contributed by atoms with Gasteiger partial charge in [0.1, 0.15) is 0 Å². The normalized spacial score (nSPS) is 12.8. The maximum Gasteiger partial charge on any atom is 0.0546 e. The minimum absolute atomic E-state index is 0.942. The third kappa shape index (κ3) is 4.42. The first-order chi connectivity index (χ1) is 25.8. The summed E-state index contributed by atoms with van der Waals surface area (Å²) in [7, 11) is 0. The summed E-state index contributed by atoms with van der Waals surface area (Å²) in [5, 5.41) is 0. The molecule has 0 spiro atoms. The number of nitrogens with zero attached hydrogens (tertiary/aromatic N) is 1. The molecule has 1 nitrogen and oxygen atoms in total. The zero-order valence-corrected chi connectivity index (χ0v) is 28.8. The van der Waals surface area contributed by atoms with E-state index in [4.69, 9.17) is 0 Å². The molecule has 0 bridgehead atoms. The number of anilines is 3. The highest BCUT2D eigenvalue weighted by Crippen LogP contribution is 2.57. The SMILES string of the molecule is c1ccc(-c2ccc(-c3ccccc3N(c3ccccc3)c3cc4c(c5c3-c3ccccc3C5)-c3c(ccc5c3-c3ccccc3C5)C4)cc2)cc1. The van der Waals surface area contributed by atoms with Crippen molar-refractivity contribution in [2.24, 2.45) is 0 Å². The van der Waals surface area contributed by atoms with Gasteiger partial charge in [0, 0.05) is 16.8 Å². The summed E-state index contributed by atoms with van der Waals surface area (Å²) in [6, 6.07) is 65.1. The van der Waals surface area contributed by atoms with Gasteiger partial charge in [0.05, 0.1) is 11.4 Å². The molecule has 0 atom stereocenters. The molecule has 3 aliphatic carbocycles. The van der Waals surface area contributed by atoms with Crippen LogP contribution in [0.4, 0.5) is 17.1 Å². The monoisotopic (exact) mass is 661 g/mol. The van der Waals surface area contributed by atoms with Crippen molar-refractivity contribution in [1.29, 1.82) is 0 Å². The summed E-state index contributed by atoms with van der Waals surface area (Å²) < 4.78 is 0. The number of para-hydroxylation sites is 2. The quantitative estimate of drug-likeness (QED) is 0.177. The van der Waals surface area contributed by atoms with Crippen LogP contribution in [0.15, 0.2) is 176 Å². The van der Waals surface area contributed by atoms with Crippen LogP contribution in [0.25, 0.3) is 55.6 Å². The summed E-state index contributed by atoms with van der Waals surface area (Å²) >= 11 is 0. The summed E-state index contributed by atoms with van der Waals surface area (Å²) in [5.74, 6) is 0. The van der Waals surface area contributed by atoms with E-state index in [0.29, 0.717) is 0 Å². The number of rotatable bonds is 5. The maximum atomic E-state index is 2.53. The summed E-state index contributed by atoms with van der Waals surface area (Å²) in [6.07, 6.45) is 2.90. The van der Waals surface area contributed by atoms with Crippen LogP contribution in [0.3, 0.4) is 0 Å². The van der Waals surface area contributed by atoms with Crippen molar-refractivity contribution in [2.45, 2.75) is 19.3 Å². The van der Waals surface area contributed by atoms with Crippen LogP contribution in [0.5, 0.6) is 0 Å². The van der Waals surface area contributed by atoms with Crippen molar-refractivity contribution in [3.05, 3.63) is 209 Å². The van der Waals surface area contributed by atoms with Crippen molar-refractivity contribution >= 4 is 17.1 Å². The molecule has 244 valence electrons. The van der Waals surface area contributed by atoms with Gasteiger partial charge in [-0.25, -0.2) is 0 Å². The van der Waals surface area contributed by atoms with E-state index in [9.17, 15) is 0 Å². The maximum absolute atomic E-state index is 2.53. The molecule has 52 heavy (non-hydrogen) atoms. The Morgan fingerprint density at radius 2 is 0.846 bits per heavy atom. The standard InChI is InChI=1S/C51H35N/c1-3-13-33(14-4-1)34-23-25-35(26-24-34)42-19-11-12-22-46(42)52(41-17-5-2-6-18-41)47-32-40-30-39-28-27-38-29-36-15-7-9-20-43(36)48(38)50(39)49(40)45-31-37-16-8-10-21-44(37)51(45)47/h1-28,32H,29-31H2. The second-order valence-corrected chi connectivity index (χ2v) is 14.4. The smallest absolute Gasteiger partial charge is 0.0546 e. The molecule has 0 N–H and O–H groups in total. The molecule has 0 saturated carbocycles. The average Bonchev–Trinajstić information content (AvgIpc) is 3.90. The molecule has 8 aromatic rings. The summed E-state index contributed by atoms with van der Waals surface area (Å²) in [4.78, 5) is 2.53. The zero-order valence-electron chi connectivity index (χ0n) is 28.8. The first kappa shape index (κ1) is 29.3. The highest BCUT2D eigenvalue weighted by Gasteiger charge is 2.36. The van der Waals surface area contributed by atoms with Crippen LogP contribution in [0.2, 0.25) is 0 Å². The van der Waals surface area contributed by atoms with Gasteiger partial charge in [0.2, 0.25) is 0 Å². The Balaban J connectivity index is 1.15. The highest BCUT2D eigenvalue weighted by atomic mass is 15.1. The van der Waals surface area contributed by atoms with Crippen LogP contribution in [0, 0.1) is 0 Å². The molecule has 0 fully saturated rings. The molecule has 11 rings (SSSR count). The minimum Gasteiger partial charge on any atom is -0.309 e. The second kappa shape index (κ2) is 11.5. The van der Waals surface area contributed by atoms with Crippen LogP contribution >= 0.6 is 0 Å². The molecular formula is C51H35N. The Morgan fingerprint density at radius 3 is 1.60 bits per heavy atom. The third-order valence-electron chi connectivity index (χ3n) is 11.5. The molecule has 0 aromatic heterocycles. The van der Waals surface area contributed by atoms with Gasteiger partial charge in [-0.05, 0) is 121 Å². The lowest BCUT2D eigenvalue weighted by Gasteiger charge is -2.31. The lowest BCUT2D eigenvalue weighted by atomic mass is 9.88. The molecule has 0 amide bonds. The molecule has 1 heteroatoms. The van der Waals surface area contributed by atoms with Gasteiger partial charge >= 0.3 is 0 Å². The van der Waals surface area contributed by atoms with E-state index in [1.54, 1.807) is 0 Å². The highest BCUT2D eigenvalue weighted by molar-refractivity contribution is 6.04. The molecule has 0 aliphatic heterocycles. The predicted molar refractivity (Wildman–Crippen MR) is 217 cm³/mol. The first-order valence-corrected chi connectivity index (χ1v) is 18.4. The zero-order chi connectivity index (χ0) is 34.2. The third-order valence-corrected chi connectivity index (χ3v) is 11.5. The van der Waals surface area contributed by atoms with E-state index in [1.807, 2.05) is 0 Å². The Hall–Kier alpha value is -6.44.